The standard InChI is InChI=1S/C21H22N4OS/c22-12-21-23-17(14-27-21)11-20(26)24-18-7-3-4-8-19(18)25-10-9-15-5-1-2-6-16(15)13-25/h1-8,14H,9-13,22H2,(H,24,26). The summed E-state index contributed by atoms with van der Waals surface area (Å²) in [5.41, 5.74) is 11.0. The van der Waals surface area contributed by atoms with Gasteiger partial charge in [0.1, 0.15) is 5.01 Å². The summed E-state index contributed by atoms with van der Waals surface area (Å²) in [5.74, 6) is -0.0614. The largest absolute Gasteiger partial charge is 0.365 e. The number of benzene rings is 2. The van der Waals surface area contributed by atoms with E-state index in [-0.39, 0.29) is 12.3 Å². The summed E-state index contributed by atoms with van der Waals surface area (Å²) in [7, 11) is 0. The number of aromatic nitrogens is 1. The second-order valence-electron chi connectivity index (χ2n) is 6.62. The molecule has 3 aromatic rings. The highest BCUT2D eigenvalue weighted by Crippen LogP contribution is 2.30. The Morgan fingerprint density at radius 1 is 1.15 bits per heavy atom. The third-order valence-corrected chi connectivity index (χ3v) is 5.69. The van der Waals surface area contributed by atoms with Crippen LogP contribution in [-0.4, -0.2) is 17.4 Å². The maximum absolute atomic E-state index is 12.5. The normalized spacial score (nSPS) is 13.3. The van der Waals surface area contributed by atoms with Gasteiger partial charge in [-0.25, -0.2) is 4.98 Å². The summed E-state index contributed by atoms with van der Waals surface area (Å²) in [6, 6.07) is 16.5. The van der Waals surface area contributed by atoms with Gasteiger partial charge in [-0.05, 0) is 29.7 Å². The molecule has 0 radical (unpaired) electrons. The number of nitrogens with zero attached hydrogens (tertiary/aromatic N) is 2. The highest BCUT2D eigenvalue weighted by molar-refractivity contribution is 7.09. The number of amides is 1. The zero-order valence-electron chi connectivity index (χ0n) is 15.0. The molecule has 138 valence electrons. The Bertz CT molecular complexity index is 953. The van der Waals surface area contributed by atoms with Gasteiger partial charge in [0.25, 0.3) is 0 Å². The van der Waals surface area contributed by atoms with Crippen LogP contribution in [0.4, 0.5) is 11.4 Å². The van der Waals surface area contributed by atoms with Crippen LogP contribution in [0.1, 0.15) is 21.8 Å². The molecule has 3 N–H and O–H groups in total. The first kappa shape index (κ1) is 17.7. The summed E-state index contributed by atoms with van der Waals surface area (Å²) in [5, 5.41) is 5.81. The van der Waals surface area contributed by atoms with Gasteiger partial charge in [0, 0.05) is 25.0 Å². The van der Waals surface area contributed by atoms with Crippen LogP contribution >= 0.6 is 11.3 Å². The quantitative estimate of drug-likeness (QED) is 0.714. The second kappa shape index (κ2) is 7.90. The lowest BCUT2D eigenvalue weighted by Crippen LogP contribution is -2.31. The summed E-state index contributed by atoms with van der Waals surface area (Å²) < 4.78 is 0. The number of nitrogens with one attached hydrogen (secondary N) is 1. The molecule has 1 amide bonds. The van der Waals surface area contributed by atoms with Crippen LogP contribution in [0.15, 0.2) is 53.9 Å². The van der Waals surface area contributed by atoms with Gasteiger partial charge in [0.05, 0.1) is 23.5 Å². The number of fused-ring (bicyclic) bond motifs is 1. The third kappa shape index (κ3) is 4.02. The minimum absolute atomic E-state index is 0.0614. The van der Waals surface area contributed by atoms with Gasteiger partial charge >= 0.3 is 0 Å². The Kier molecular flexibility index (Phi) is 5.18. The molecule has 27 heavy (non-hydrogen) atoms. The van der Waals surface area contributed by atoms with Crippen LogP contribution in [0.25, 0.3) is 0 Å². The fourth-order valence-corrected chi connectivity index (χ4v) is 4.11. The van der Waals surface area contributed by atoms with Gasteiger partial charge in [-0.1, -0.05) is 36.4 Å². The van der Waals surface area contributed by atoms with E-state index < -0.39 is 0 Å². The minimum Gasteiger partial charge on any atom is -0.365 e. The molecule has 1 aromatic heterocycles. The van der Waals surface area contributed by atoms with Crippen molar-refractivity contribution in [2.45, 2.75) is 25.9 Å². The van der Waals surface area contributed by atoms with Gasteiger partial charge in [-0.3, -0.25) is 4.79 Å². The van der Waals surface area contributed by atoms with Crippen LogP contribution < -0.4 is 16.0 Å². The van der Waals surface area contributed by atoms with Crippen molar-refractivity contribution < 1.29 is 4.79 Å². The van der Waals surface area contributed by atoms with Crippen molar-refractivity contribution in [1.29, 1.82) is 0 Å². The number of carbonyl (C=O) groups is 1. The second-order valence-corrected chi connectivity index (χ2v) is 7.56. The maximum Gasteiger partial charge on any atom is 0.230 e. The van der Waals surface area contributed by atoms with Crippen molar-refractivity contribution in [2.24, 2.45) is 5.73 Å². The van der Waals surface area contributed by atoms with Crippen LogP contribution in [0.5, 0.6) is 0 Å². The lowest BCUT2D eigenvalue weighted by atomic mass is 9.99. The average Bonchev–Trinajstić information content (AvgIpc) is 3.15. The summed E-state index contributed by atoms with van der Waals surface area (Å²) in [4.78, 5) is 19.2. The number of hydrogen-bond donors (Lipinski definition) is 2. The highest BCUT2D eigenvalue weighted by Gasteiger charge is 2.19. The third-order valence-electron chi connectivity index (χ3n) is 4.77. The SMILES string of the molecule is NCc1nc(CC(=O)Nc2ccccc2N2CCc3ccccc3C2)cs1. The number of anilines is 2. The van der Waals surface area contributed by atoms with E-state index in [4.69, 9.17) is 5.73 Å². The molecule has 1 aliphatic rings. The molecular weight excluding hydrogens is 356 g/mol. The fraction of sp³-hybridized carbons (Fsp3) is 0.238. The highest BCUT2D eigenvalue weighted by atomic mass is 32.1. The molecule has 0 spiro atoms. The van der Waals surface area contributed by atoms with Crippen LogP contribution in [-0.2, 0) is 30.7 Å². The predicted molar refractivity (Wildman–Crippen MR) is 110 cm³/mol. The van der Waals surface area contributed by atoms with Gasteiger partial charge in [0.15, 0.2) is 0 Å². The van der Waals surface area contributed by atoms with E-state index in [2.05, 4.69) is 45.5 Å². The maximum atomic E-state index is 12.5. The lowest BCUT2D eigenvalue weighted by Gasteiger charge is -2.32. The molecule has 5 nitrogen and oxygen atoms in total. The van der Waals surface area contributed by atoms with Gasteiger partial charge in [-0.2, -0.15) is 0 Å². The van der Waals surface area contributed by atoms with E-state index in [9.17, 15) is 4.79 Å². The van der Waals surface area contributed by atoms with E-state index in [0.717, 1.165) is 41.6 Å². The molecular formula is C21H22N4OS. The molecule has 6 heteroatoms. The van der Waals surface area contributed by atoms with E-state index >= 15 is 0 Å². The first-order valence-electron chi connectivity index (χ1n) is 9.07. The molecule has 2 heterocycles. The molecule has 0 aliphatic carbocycles. The van der Waals surface area contributed by atoms with Crippen molar-refractivity contribution in [3.8, 4) is 0 Å². The smallest absolute Gasteiger partial charge is 0.230 e. The number of thiazole rings is 1. The van der Waals surface area contributed by atoms with E-state index in [1.165, 1.54) is 22.5 Å². The summed E-state index contributed by atoms with van der Waals surface area (Å²) in [6.07, 6.45) is 1.27. The van der Waals surface area contributed by atoms with E-state index in [0.29, 0.717) is 6.54 Å². The van der Waals surface area contributed by atoms with E-state index in [1.807, 2.05) is 23.6 Å². The molecule has 4 rings (SSSR count). The van der Waals surface area contributed by atoms with Crippen LogP contribution in [0.2, 0.25) is 0 Å². The predicted octanol–water partition coefficient (Wildman–Crippen LogP) is 3.35. The van der Waals surface area contributed by atoms with Crippen molar-refractivity contribution >= 4 is 28.6 Å². The number of nitrogens with two attached hydrogens (primary N) is 1. The Labute approximate surface area is 162 Å². The summed E-state index contributed by atoms with van der Waals surface area (Å²) >= 11 is 1.49. The first-order chi connectivity index (χ1) is 13.2. The van der Waals surface area contributed by atoms with Crippen molar-refractivity contribution in [2.75, 3.05) is 16.8 Å². The molecule has 2 aromatic carbocycles. The molecule has 0 atom stereocenters. The van der Waals surface area contributed by atoms with E-state index in [1.54, 1.807) is 0 Å². The molecule has 1 aliphatic heterocycles. The Hall–Kier alpha value is -2.70. The monoisotopic (exact) mass is 378 g/mol. The van der Waals surface area contributed by atoms with Crippen molar-refractivity contribution in [3.63, 3.8) is 0 Å². The minimum atomic E-state index is -0.0614. The Balaban J connectivity index is 1.49. The van der Waals surface area contributed by atoms with Crippen molar-refractivity contribution in [1.82, 2.24) is 4.98 Å². The first-order valence-corrected chi connectivity index (χ1v) is 9.95. The molecule has 0 bridgehead atoms. The van der Waals surface area contributed by atoms with Crippen molar-refractivity contribution in [3.05, 3.63) is 75.7 Å². The van der Waals surface area contributed by atoms with Gasteiger partial charge in [-0.15, -0.1) is 11.3 Å². The van der Waals surface area contributed by atoms with Gasteiger partial charge in [0.2, 0.25) is 5.91 Å². The number of carbonyl (C=O) groups excluding carboxylic acids is 1. The molecule has 0 fully saturated rings. The summed E-state index contributed by atoms with van der Waals surface area (Å²) in [6.45, 7) is 2.20. The average molecular weight is 379 g/mol. The molecule has 0 unspecified atom stereocenters. The Morgan fingerprint density at radius 3 is 2.74 bits per heavy atom. The number of hydrogen-bond acceptors (Lipinski definition) is 5. The molecule has 0 saturated carbocycles. The van der Waals surface area contributed by atoms with Gasteiger partial charge < -0.3 is 16.0 Å². The Morgan fingerprint density at radius 2 is 1.93 bits per heavy atom. The zero-order valence-corrected chi connectivity index (χ0v) is 15.8. The van der Waals surface area contributed by atoms with Crippen LogP contribution in [0.3, 0.4) is 0 Å². The lowest BCUT2D eigenvalue weighted by molar-refractivity contribution is -0.115. The molecule has 0 saturated heterocycles. The topological polar surface area (TPSA) is 71.2 Å². The number of para-hydroxylation sites is 2. The van der Waals surface area contributed by atoms with Crippen LogP contribution in [0, 0.1) is 0 Å². The number of rotatable bonds is 5. The fourth-order valence-electron chi connectivity index (χ4n) is 3.44. The zero-order chi connectivity index (χ0) is 18.6.